The minimum atomic E-state index is -0.914. The van der Waals surface area contributed by atoms with Crippen LogP contribution in [0.5, 0.6) is 5.75 Å². The van der Waals surface area contributed by atoms with Crippen LogP contribution in [-0.4, -0.2) is 36.8 Å². The van der Waals surface area contributed by atoms with E-state index in [4.69, 9.17) is 49.4 Å². The number of ether oxygens (including phenoxy) is 1. The van der Waals surface area contributed by atoms with Crippen molar-refractivity contribution < 1.29 is 19.5 Å². The molecule has 0 radical (unpaired) electrons. The molecule has 0 fully saturated rings. The summed E-state index contributed by atoms with van der Waals surface area (Å²) in [5, 5.41) is 12.8. The van der Waals surface area contributed by atoms with E-state index in [0.717, 1.165) is 29.0 Å². The fourth-order valence-electron chi connectivity index (χ4n) is 1.80. The van der Waals surface area contributed by atoms with Gasteiger partial charge in [0, 0.05) is 16.3 Å². The van der Waals surface area contributed by atoms with E-state index >= 15 is 0 Å². The smallest absolute Gasteiger partial charge is 0.318 e. The van der Waals surface area contributed by atoms with Gasteiger partial charge in [-0.3, -0.25) is 4.79 Å². The number of halogens is 2. The fourth-order valence-corrected chi connectivity index (χ4v) is 2.97. The van der Waals surface area contributed by atoms with Crippen LogP contribution in [0.3, 0.4) is 0 Å². The van der Waals surface area contributed by atoms with Gasteiger partial charge in [0.2, 0.25) is 5.96 Å². The molecule has 2 aromatic rings. The number of carboxylic acids is 1. The van der Waals surface area contributed by atoms with E-state index in [1.165, 1.54) is 5.56 Å². The highest BCUT2D eigenvalue weighted by Gasteiger charge is 2.03. The minimum Gasteiger partial charge on any atom is -0.493 e. The zero-order chi connectivity index (χ0) is 22.4. The standard InChI is InChI=1S/C11H17N3O2.C8H7Cl2NO2S/c1-9-3-5-10(6-4-9)15-7-2-8-16-14-11(12)13;9-5-1-2-7(6(10)3-5)14-11-4-8(12)13/h3-6H,2,7-8H2,1H3,(H4,12,13,14);1-3,11H,4H2,(H,12,13). The van der Waals surface area contributed by atoms with Gasteiger partial charge in [-0.25, -0.2) is 4.72 Å². The number of aryl methyl sites for hydroxylation is 1. The Morgan fingerprint density at radius 3 is 2.47 bits per heavy atom. The fraction of sp³-hybridized carbons (Fsp3) is 0.263. The summed E-state index contributed by atoms with van der Waals surface area (Å²) >= 11 is 12.7. The second kappa shape index (κ2) is 14.6. The molecule has 8 nitrogen and oxygen atoms in total. The summed E-state index contributed by atoms with van der Waals surface area (Å²) in [6.45, 7) is 2.92. The van der Waals surface area contributed by atoms with Crippen molar-refractivity contribution in [1.29, 1.82) is 0 Å². The molecule has 0 aromatic heterocycles. The Hall–Kier alpha value is -2.33. The summed E-state index contributed by atoms with van der Waals surface area (Å²) in [6, 6.07) is 12.9. The molecule has 0 aliphatic rings. The number of hydrogen-bond acceptors (Lipinski definition) is 6. The maximum atomic E-state index is 10.2. The van der Waals surface area contributed by atoms with Gasteiger partial charge in [0.25, 0.3) is 0 Å². The van der Waals surface area contributed by atoms with Gasteiger partial charge in [0.1, 0.15) is 18.9 Å². The molecule has 11 heteroatoms. The van der Waals surface area contributed by atoms with Gasteiger partial charge in [-0.1, -0.05) is 40.9 Å². The SMILES string of the molecule is Cc1ccc(OCCCON=C(N)N)cc1.O=C(O)CNSc1ccc(Cl)cc1Cl. The molecule has 0 aliphatic carbocycles. The van der Waals surface area contributed by atoms with E-state index in [-0.39, 0.29) is 12.5 Å². The van der Waals surface area contributed by atoms with Crippen molar-refractivity contribution in [3.8, 4) is 5.75 Å². The first-order valence-corrected chi connectivity index (χ1v) is 10.3. The normalized spacial score (nSPS) is 9.83. The molecule has 2 aromatic carbocycles. The molecule has 0 amide bonds. The summed E-state index contributed by atoms with van der Waals surface area (Å²) in [6.07, 6.45) is 0.727. The molecule has 0 unspecified atom stereocenters. The summed E-state index contributed by atoms with van der Waals surface area (Å²) in [5.41, 5.74) is 11.4. The lowest BCUT2D eigenvalue weighted by atomic mass is 10.2. The number of rotatable bonds is 10. The summed E-state index contributed by atoms with van der Waals surface area (Å²) in [5.74, 6) is -0.130. The van der Waals surface area contributed by atoms with Gasteiger partial charge in [0.05, 0.1) is 11.6 Å². The van der Waals surface area contributed by atoms with Crippen LogP contribution in [-0.2, 0) is 9.63 Å². The topological polar surface area (TPSA) is 132 Å². The quantitative estimate of drug-likeness (QED) is 0.135. The van der Waals surface area contributed by atoms with Gasteiger partial charge in [-0.05, 0) is 54.4 Å². The molecule has 30 heavy (non-hydrogen) atoms. The second-order valence-electron chi connectivity index (χ2n) is 5.76. The molecular formula is C19H24Cl2N4O4S. The zero-order valence-electron chi connectivity index (χ0n) is 16.3. The predicted molar refractivity (Wildman–Crippen MR) is 121 cm³/mol. The first-order valence-electron chi connectivity index (χ1n) is 8.75. The Balaban J connectivity index is 0.000000303. The second-order valence-corrected chi connectivity index (χ2v) is 7.53. The lowest BCUT2D eigenvalue weighted by Gasteiger charge is -2.05. The largest absolute Gasteiger partial charge is 0.493 e. The summed E-state index contributed by atoms with van der Waals surface area (Å²) < 4.78 is 8.13. The van der Waals surface area contributed by atoms with Crippen LogP contribution in [0.25, 0.3) is 0 Å². The number of carbonyl (C=O) groups is 1. The lowest BCUT2D eigenvalue weighted by molar-refractivity contribution is -0.135. The average molecular weight is 475 g/mol. The zero-order valence-corrected chi connectivity index (χ0v) is 18.6. The van der Waals surface area contributed by atoms with E-state index in [0.29, 0.717) is 23.3 Å². The third-order valence-corrected chi connectivity index (χ3v) is 4.66. The van der Waals surface area contributed by atoms with Crippen molar-refractivity contribution in [2.75, 3.05) is 19.8 Å². The first-order chi connectivity index (χ1) is 14.3. The maximum Gasteiger partial charge on any atom is 0.318 e. The molecule has 164 valence electrons. The highest BCUT2D eigenvalue weighted by atomic mass is 35.5. The molecule has 0 saturated heterocycles. The average Bonchev–Trinajstić information content (AvgIpc) is 2.68. The minimum absolute atomic E-state index is 0.0700. The van der Waals surface area contributed by atoms with E-state index in [1.54, 1.807) is 18.2 Å². The van der Waals surface area contributed by atoms with E-state index in [2.05, 4.69) is 9.88 Å². The molecule has 0 spiro atoms. The number of nitrogens with zero attached hydrogens (tertiary/aromatic N) is 1. The Kier molecular flexibility index (Phi) is 12.5. The molecule has 0 atom stereocenters. The number of benzene rings is 2. The van der Waals surface area contributed by atoms with Crippen molar-refractivity contribution in [3.05, 3.63) is 58.1 Å². The van der Waals surface area contributed by atoms with Crippen LogP contribution < -0.4 is 20.9 Å². The van der Waals surface area contributed by atoms with E-state index in [9.17, 15) is 4.79 Å². The predicted octanol–water partition coefficient (Wildman–Crippen LogP) is 3.64. The van der Waals surface area contributed by atoms with Gasteiger partial charge < -0.3 is 26.1 Å². The summed E-state index contributed by atoms with van der Waals surface area (Å²) in [7, 11) is 0. The molecule has 0 heterocycles. The Morgan fingerprint density at radius 2 is 1.87 bits per heavy atom. The van der Waals surface area contributed by atoms with Gasteiger partial charge in [0.15, 0.2) is 0 Å². The number of hydrogen-bond donors (Lipinski definition) is 4. The molecular weight excluding hydrogens is 451 g/mol. The van der Waals surface area contributed by atoms with Crippen molar-refractivity contribution in [3.63, 3.8) is 0 Å². The van der Waals surface area contributed by atoms with Crippen LogP contribution in [0.15, 0.2) is 52.5 Å². The molecule has 0 saturated carbocycles. The van der Waals surface area contributed by atoms with Gasteiger partial charge >= 0.3 is 5.97 Å². The third kappa shape index (κ3) is 12.3. The van der Waals surface area contributed by atoms with Gasteiger partial charge in [-0.2, -0.15) is 0 Å². The van der Waals surface area contributed by atoms with Crippen molar-refractivity contribution >= 4 is 47.1 Å². The van der Waals surface area contributed by atoms with E-state index in [1.807, 2.05) is 31.2 Å². The van der Waals surface area contributed by atoms with Gasteiger partial charge in [-0.15, -0.1) is 0 Å². The third-order valence-electron chi connectivity index (χ3n) is 3.14. The Labute approximate surface area is 189 Å². The molecule has 0 bridgehead atoms. The van der Waals surface area contributed by atoms with Crippen molar-refractivity contribution in [2.45, 2.75) is 18.2 Å². The number of nitrogens with one attached hydrogen (secondary N) is 1. The first kappa shape index (κ1) is 25.7. The van der Waals surface area contributed by atoms with Crippen LogP contribution >= 0.6 is 35.1 Å². The van der Waals surface area contributed by atoms with Crippen LogP contribution in [0.2, 0.25) is 10.0 Å². The van der Waals surface area contributed by atoms with E-state index < -0.39 is 5.97 Å². The summed E-state index contributed by atoms with van der Waals surface area (Å²) in [4.78, 5) is 15.8. The van der Waals surface area contributed by atoms with Crippen molar-refractivity contribution in [2.24, 2.45) is 16.6 Å². The number of nitrogens with two attached hydrogens (primary N) is 2. The van der Waals surface area contributed by atoms with Crippen LogP contribution in [0.4, 0.5) is 0 Å². The monoisotopic (exact) mass is 474 g/mol. The molecule has 0 aliphatic heterocycles. The number of aliphatic carboxylic acids is 1. The highest BCUT2D eigenvalue weighted by molar-refractivity contribution is 7.97. The number of carboxylic acid groups (broad SMARTS) is 1. The Bertz CT molecular complexity index is 819. The molecule has 2 rings (SSSR count). The molecule has 6 N–H and O–H groups in total. The van der Waals surface area contributed by atoms with Crippen LogP contribution in [0, 0.1) is 6.92 Å². The van der Waals surface area contributed by atoms with Crippen molar-refractivity contribution in [1.82, 2.24) is 4.72 Å². The highest BCUT2D eigenvalue weighted by Crippen LogP contribution is 2.27. The lowest BCUT2D eigenvalue weighted by Crippen LogP contribution is -2.23. The van der Waals surface area contributed by atoms with Crippen LogP contribution in [0.1, 0.15) is 12.0 Å². The maximum absolute atomic E-state index is 10.2. The number of oxime groups is 1. The number of guanidine groups is 1. The Morgan fingerprint density at radius 1 is 1.17 bits per heavy atom.